The van der Waals surface area contributed by atoms with E-state index in [-0.39, 0.29) is 5.56 Å². The van der Waals surface area contributed by atoms with Crippen LogP contribution in [0.4, 0.5) is 5.69 Å². The lowest BCUT2D eigenvalue weighted by Gasteiger charge is -2.39. The second-order valence-electron chi connectivity index (χ2n) is 6.48. The van der Waals surface area contributed by atoms with Gasteiger partial charge in [0.1, 0.15) is 0 Å². The van der Waals surface area contributed by atoms with Crippen molar-refractivity contribution in [3.05, 3.63) is 28.8 Å². The Morgan fingerprint density at radius 2 is 1.95 bits per heavy atom. The topological polar surface area (TPSA) is 40.5 Å². The van der Waals surface area contributed by atoms with Gasteiger partial charge in [-0.25, -0.2) is 4.79 Å². The van der Waals surface area contributed by atoms with Crippen molar-refractivity contribution < 1.29 is 9.90 Å². The van der Waals surface area contributed by atoms with Crippen molar-refractivity contribution in [2.45, 2.75) is 45.6 Å². The van der Waals surface area contributed by atoms with Crippen molar-refractivity contribution in [1.82, 2.24) is 0 Å². The molecule has 0 heterocycles. The molecule has 0 spiro atoms. The van der Waals surface area contributed by atoms with E-state index in [1.165, 1.54) is 25.7 Å². The zero-order valence-corrected chi connectivity index (χ0v) is 13.1. The fourth-order valence-corrected chi connectivity index (χ4v) is 3.13. The highest BCUT2D eigenvalue weighted by atomic mass is 35.5. The van der Waals surface area contributed by atoms with E-state index in [9.17, 15) is 4.79 Å². The molecule has 1 aliphatic carbocycles. The predicted molar refractivity (Wildman–Crippen MR) is 82.9 cm³/mol. The van der Waals surface area contributed by atoms with Crippen molar-refractivity contribution in [3.63, 3.8) is 0 Å². The van der Waals surface area contributed by atoms with Gasteiger partial charge in [-0.2, -0.15) is 0 Å². The SMILES string of the molecule is CN(c1ccc(C(=O)O)c(Cl)c1)C1CCC(C)(C)CC1. The second kappa shape index (κ2) is 5.65. The molecule has 1 aromatic rings. The molecule has 0 radical (unpaired) electrons. The number of rotatable bonds is 3. The van der Waals surface area contributed by atoms with E-state index < -0.39 is 5.97 Å². The molecule has 1 aromatic carbocycles. The number of nitrogens with zero attached hydrogens (tertiary/aromatic N) is 1. The van der Waals surface area contributed by atoms with Crippen LogP contribution in [0.25, 0.3) is 0 Å². The highest BCUT2D eigenvalue weighted by molar-refractivity contribution is 6.33. The molecule has 1 fully saturated rings. The smallest absolute Gasteiger partial charge is 0.337 e. The molecule has 1 N–H and O–H groups in total. The minimum absolute atomic E-state index is 0.161. The molecule has 1 saturated carbocycles. The van der Waals surface area contributed by atoms with Crippen LogP contribution in [0.1, 0.15) is 49.9 Å². The number of carbonyl (C=O) groups is 1. The number of hydrogen-bond donors (Lipinski definition) is 1. The lowest BCUT2D eigenvalue weighted by atomic mass is 9.75. The summed E-state index contributed by atoms with van der Waals surface area (Å²) in [4.78, 5) is 13.2. The zero-order valence-electron chi connectivity index (χ0n) is 12.3. The average Bonchev–Trinajstić information content (AvgIpc) is 2.37. The number of carboxylic acid groups (broad SMARTS) is 1. The van der Waals surface area contributed by atoms with Crippen molar-refractivity contribution in [2.75, 3.05) is 11.9 Å². The van der Waals surface area contributed by atoms with E-state index in [1.54, 1.807) is 12.1 Å². The summed E-state index contributed by atoms with van der Waals surface area (Å²) in [5, 5.41) is 9.31. The highest BCUT2D eigenvalue weighted by Gasteiger charge is 2.29. The number of hydrogen-bond acceptors (Lipinski definition) is 2. The van der Waals surface area contributed by atoms with Crippen LogP contribution < -0.4 is 4.90 Å². The van der Waals surface area contributed by atoms with Gasteiger partial charge in [0.15, 0.2) is 0 Å². The van der Waals surface area contributed by atoms with Crippen molar-refractivity contribution >= 4 is 23.3 Å². The van der Waals surface area contributed by atoms with Gasteiger partial charge in [-0.05, 0) is 49.3 Å². The first-order chi connectivity index (χ1) is 9.30. The van der Waals surface area contributed by atoms with E-state index in [0.29, 0.717) is 16.5 Å². The fraction of sp³-hybridized carbons (Fsp3) is 0.562. The summed E-state index contributed by atoms with van der Waals surface area (Å²) in [7, 11) is 2.06. The molecule has 0 saturated heterocycles. The Morgan fingerprint density at radius 3 is 2.45 bits per heavy atom. The summed E-state index contributed by atoms with van der Waals surface area (Å²) in [5.74, 6) is -0.983. The largest absolute Gasteiger partial charge is 0.478 e. The van der Waals surface area contributed by atoms with Crippen LogP contribution in [0.2, 0.25) is 5.02 Å². The molecule has 1 aliphatic rings. The van der Waals surface area contributed by atoms with E-state index in [2.05, 4.69) is 25.8 Å². The summed E-state index contributed by atoms with van der Waals surface area (Å²) in [6.45, 7) is 4.64. The maximum atomic E-state index is 11.0. The molecule has 20 heavy (non-hydrogen) atoms. The maximum absolute atomic E-state index is 11.0. The van der Waals surface area contributed by atoms with E-state index in [1.807, 2.05) is 6.07 Å². The highest BCUT2D eigenvalue weighted by Crippen LogP contribution is 2.38. The Balaban J connectivity index is 2.12. The monoisotopic (exact) mass is 295 g/mol. The van der Waals surface area contributed by atoms with Crippen LogP contribution in [0.3, 0.4) is 0 Å². The zero-order chi connectivity index (χ0) is 14.9. The van der Waals surface area contributed by atoms with E-state index >= 15 is 0 Å². The summed E-state index contributed by atoms with van der Waals surface area (Å²) >= 11 is 6.05. The van der Waals surface area contributed by atoms with Crippen LogP contribution in [0, 0.1) is 5.41 Å². The third kappa shape index (κ3) is 3.26. The Morgan fingerprint density at radius 1 is 1.35 bits per heavy atom. The van der Waals surface area contributed by atoms with Crippen molar-refractivity contribution in [1.29, 1.82) is 0 Å². The number of carboxylic acids is 1. The number of aromatic carboxylic acids is 1. The van der Waals surface area contributed by atoms with Crippen LogP contribution in [0.5, 0.6) is 0 Å². The molecule has 0 aromatic heterocycles. The Bertz CT molecular complexity index is 503. The van der Waals surface area contributed by atoms with Crippen molar-refractivity contribution in [3.8, 4) is 0 Å². The number of halogens is 1. The molecular weight excluding hydrogens is 274 g/mol. The minimum atomic E-state index is -0.983. The van der Waals surface area contributed by atoms with Gasteiger partial charge in [0.2, 0.25) is 0 Å². The second-order valence-corrected chi connectivity index (χ2v) is 6.88. The van der Waals surface area contributed by atoms with Gasteiger partial charge in [-0.3, -0.25) is 0 Å². The minimum Gasteiger partial charge on any atom is -0.478 e. The van der Waals surface area contributed by atoms with Gasteiger partial charge in [-0.1, -0.05) is 25.4 Å². The summed E-state index contributed by atoms with van der Waals surface area (Å²) in [5.41, 5.74) is 1.60. The van der Waals surface area contributed by atoms with Crippen LogP contribution in [0.15, 0.2) is 18.2 Å². The molecular formula is C16H22ClNO2. The predicted octanol–water partition coefficient (Wildman–Crippen LogP) is 4.44. The molecule has 3 nitrogen and oxygen atoms in total. The Hall–Kier alpha value is -1.22. The van der Waals surface area contributed by atoms with Gasteiger partial charge in [0, 0.05) is 18.8 Å². The lowest BCUT2D eigenvalue weighted by Crippen LogP contribution is -2.37. The molecule has 2 rings (SSSR count). The first-order valence-electron chi connectivity index (χ1n) is 7.06. The van der Waals surface area contributed by atoms with Gasteiger partial charge >= 0.3 is 5.97 Å². The molecule has 0 aliphatic heterocycles. The molecule has 4 heteroatoms. The first kappa shape index (κ1) is 15.2. The van der Waals surface area contributed by atoms with Crippen molar-refractivity contribution in [2.24, 2.45) is 5.41 Å². The fourth-order valence-electron chi connectivity index (χ4n) is 2.88. The van der Waals surface area contributed by atoms with Crippen LogP contribution in [-0.2, 0) is 0 Å². The Labute approximate surface area is 125 Å². The first-order valence-corrected chi connectivity index (χ1v) is 7.44. The Kier molecular flexibility index (Phi) is 4.28. The lowest BCUT2D eigenvalue weighted by molar-refractivity contribution is 0.0697. The van der Waals surface area contributed by atoms with Gasteiger partial charge in [0.25, 0.3) is 0 Å². The average molecular weight is 296 g/mol. The quantitative estimate of drug-likeness (QED) is 0.896. The third-order valence-electron chi connectivity index (χ3n) is 4.45. The van der Waals surface area contributed by atoms with Gasteiger partial charge in [-0.15, -0.1) is 0 Å². The van der Waals surface area contributed by atoms with Crippen LogP contribution in [-0.4, -0.2) is 24.2 Å². The molecule has 110 valence electrons. The van der Waals surface area contributed by atoms with E-state index in [0.717, 1.165) is 5.69 Å². The summed E-state index contributed by atoms with van der Waals surface area (Å²) < 4.78 is 0. The number of benzene rings is 1. The standard InChI is InChI=1S/C16H22ClNO2/c1-16(2)8-6-11(7-9-16)18(3)12-4-5-13(15(19)20)14(17)10-12/h4-5,10-11H,6-9H2,1-3H3,(H,19,20). The summed E-state index contributed by atoms with van der Waals surface area (Å²) in [6, 6.07) is 5.69. The maximum Gasteiger partial charge on any atom is 0.337 e. The normalized spacial score (nSPS) is 18.8. The molecule has 0 atom stereocenters. The van der Waals surface area contributed by atoms with Gasteiger partial charge in [0.05, 0.1) is 10.6 Å². The third-order valence-corrected chi connectivity index (χ3v) is 4.76. The molecule has 0 bridgehead atoms. The summed E-state index contributed by atoms with van der Waals surface area (Å²) in [6.07, 6.45) is 4.79. The van der Waals surface area contributed by atoms with E-state index in [4.69, 9.17) is 16.7 Å². The van der Waals surface area contributed by atoms with Gasteiger partial charge < -0.3 is 10.0 Å². The van der Waals surface area contributed by atoms with Crippen LogP contribution >= 0.6 is 11.6 Å². The molecule has 0 amide bonds. The number of anilines is 1. The molecule has 0 unspecified atom stereocenters.